The van der Waals surface area contributed by atoms with Gasteiger partial charge in [0.2, 0.25) is 0 Å². The number of ketones is 1. The Balaban J connectivity index is 1.65. The number of amides is 1. The fourth-order valence-corrected chi connectivity index (χ4v) is 4.68. The zero-order valence-electron chi connectivity index (χ0n) is 15.9. The topological polar surface area (TPSA) is 57.6 Å². The number of carbonyl (C=O) groups is 2. The number of carbonyl (C=O) groups excluding carboxylic acids is 2. The second-order valence-corrected chi connectivity index (χ2v) is 8.95. The fourth-order valence-electron chi connectivity index (χ4n) is 3.71. The van der Waals surface area contributed by atoms with Crippen molar-refractivity contribution in [3.63, 3.8) is 0 Å². The molecule has 6 heteroatoms. The van der Waals surface area contributed by atoms with E-state index in [9.17, 15) is 14.7 Å². The Morgan fingerprint density at radius 2 is 1.90 bits per heavy atom. The molecule has 1 amide bonds. The van der Waals surface area contributed by atoms with Gasteiger partial charge in [0.25, 0.3) is 5.91 Å². The molecule has 0 radical (unpaired) electrons. The van der Waals surface area contributed by atoms with Crippen LogP contribution in [0, 0.1) is 6.92 Å². The third kappa shape index (κ3) is 3.73. The van der Waals surface area contributed by atoms with Gasteiger partial charge in [-0.15, -0.1) is 11.3 Å². The Kier molecular flexibility index (Phi) is 5.30. The number of fused-ring (bicyclic) bond motifs is 1. The van der Waals surface area contributed by atoms with Gasteiger partial charge in [0, 0.05) is 22.0 Å². The highest BCUT2D eigenvalue weighted by molar-refractivity contribution is 7.14. The highest BCUT2D eigenvalue weighted by Gasteiger charge is 2.51. The normalized spacial score (nSPS) is 18.2. The van der Waals surface area contributed by atoms with E-state index in [0.29, 0.717) is 34.1 Å². The first-order chi connectivity index (χ1) is 13.9. The van der Waals surface area contributed by atoms with Crippen LogP contribution in [0.3, 0.4) is 0 Å². The maximum Gasteiger partial charge on any atom is 0.264 e. The van der Waals surface area contributed by atoms with Crippen LogP contribution in [0.15, 0.2) is 60.7 Å². The van der Waals surface area contributed by atoms with Crippen molar-refractivity contribution < 1.29 is 14.7 Å². The Hall–Kier alpha value is -2.47. The van der Waals surface area contributed by atoms with Crippen LogP contribution < -0.4 is 4.90 Å². The van der Waals surface area contributed by atoms with Crippen molar-refractivity contribution in [2.45, 2.75) is 25.4 Å². The van der Waals surface area contributed by atoms with E-state index in [2.05, 4.69) is 0 Å². The van der Waals surface area contributed by atoms with Crippen LogP contribution in [0.25, 0.3) is 0 Å². The molecule has 0 spiro atoms. The molecule has 1 atom stereocenters. The number of Topliss-reactive ketones (excluding diaryl/α,β-unsaturated/α-hetero) is 1. The molecule has 0 unspecified atom stereocenters. The molecular weight excluding hydrogens is 406 g/mol. The number of aliphatic hydroxyl groups is 1. The molecule has 0 saturated heterocycles. The van der Waals surface area contributed by atoms with E-state index in [-0.39, 0.29) is 12.2 Å². The van der Waals surface area contributed by atoms with Crippen LogP contribution in [-0.2, 0) is 16.8 Å². The smallest absolute Gasteiger partial charge is 0.264 e. The number of hydrogen-bond acceptors (Lipinski definition) is 4. The monoisotopic (exact) mass is 425 g/mol. The van der Waals surface area contributed by atoms with Crippen molar-refractivity contribution in [3.8, 4) is 0 Å². The van der Waals surface area contributed by atoms with Gasteiger partial charge in [-0.2, -0.15) is 0 Å². The summed E-state index contributed by atoms with van der Waals surface area (Å²) in [6.07, 6.45) is 0.337. The molecule has 0 fully saturated rings. The van der Waals surface area contributed by atoms with Crippen molar-refractivity contribution in [1.29, 1.82) is 0 Å². The number of hydrogen-bond donors (Lipinski definition) is 1. The lowest BCUT2D eigenvalue weighted by Crippen LogP contribution is -2.42. The molecule has 1 aliphatic heterocycles. The van der Waals surface area contributed by atoms with E-state index in [1.54, 1.807) is 29.2 Å². The SMILES string of the molecule is Cc1ccc(C(=O)C[C@@]2(O)C(=O)N(CCc3ccccc3)c3ccc(Cl)cc32)s1. The third-order valence-corrected chi connectivity index (χ3v) is 6.47. The predicted molar refractivity (Wildman–Crippen MR) is 116 cm³/mol. The van der Waals surface area contributed by atoms with Gasteiger partial charge in [-0.25, -0.2) is 0 Å². The van der Waals surface area contributed by atoms with E-state index in [1.807, 2.05) is 43.3 Å². The lowest BCUT2D eigenvalue weighted by Gasteiger charge is -2.22. The average molecular weight is 426 g/mol. The highest BCUT2D eigenvalue weighted by Crippen LogP contribution is 2.44. The summed E-state index contributed by atoms with van der Waals surface area (Å²) in [5.41, 5.74) is 0.181. The summed E-state index contributed by atoms with van der Waals surface area (Å²) in [6, 6.07) is 18.4. The Morgan fingerprint density at radius 1 is 1.14 bits per heavy atom. The number of halogens is 1. The van der Waals surface area contributed by atoms with Crippen LogP contribution in [0.2, 0.25) is 5.02 Å². The summed E-state index contributed by atoms with van der Waals surface area (Å²) in [6.45, 7) is 2.32. The fraction of sp³-hybridized carbons (Fsp3) is 0.217. The molecule has 3 aromatic rings. The van der Waals surface area contributed by atoms with E-state index < -0.39 is 11.5 Å². The molecule has 29 heavy (non-hydrogen) atoms. The van der Waals surface area contributed by atoms with Crippen LogP contribution in [-0.4, -0.2) is 23.3 Å². The summed E-state index contributed by atoms with van der Waals surface area (Å²) in [4.78, 5) is 29.2. The Labute approximate surface area is 178 Å². The minimum Gasteiger partial charge on any atom is -0.375 e. The number of thiophene rings is 1. The minimum absolute atomic E-state index is 0.255. The highest BCUT2D eigenvalue weighted by atomic mass is 35.5. The van der Waals surface area contributed by atoms with E-state index in [4.69, 9.17) is 11.6 Å². The molecular formula is C23H20ClNO3S. The van der Waals surface area contributed by atoms with Gasteiger partial charge in [-0.3, -0.25) is 9.59 Å². The third-order valence-electron chi connectivity index (χ3n) is 5.19. The zero-order valence-corrected chi connectivity index (χ0v) is 17.5. The van der Waals surface area contributed by atoms with Crippen molar-refractivity contribution in [3.05, 3.63) is 86.6 Å². The van der Waals surface area contributed by atoms with Crippen molar-refractivity contribution in [2.75, 3.05) is 11.4 Å². The van der Waals surface area contributed by atoms with Gasteiger partial charge in [0.15, 0.2) is 11.4 Å². The molecule has 2 heterocycles. The quantitative estimate of drug-likeness (QED) is 0.579. The molecule has 148 valence electrons. The minimum atomic E-state index is -1.91. The van der Waals surface area contributed by atoms with E-state index in [0.717, 1.165) is 10.4 Å². The predicted octanol–water partition coefficient (Wildman–Crippen LogP) is 4.76. The van der Waals surface area contributed by atoms with Crippen LogP contribution >= 0.6 is 22.9 Å². The van der Waals surface area contributed by atoms with Gasteiger partial charge in [-0.05, 0) is 49.2 Å². The maximum atomic E-state index is 13.3. The molecule has 1 N–H and O–H groups in total. The first-order valence-electron chi connectivity index (χ1n) is 9.36. The number of aryl methyl sites for hydroxylation is 1. The molecule has 1 aromatic heterocycles. The largest absolute Gasteiger partial charge is 0.375 e. The Morgan fingerprint density at radius 3 is 2.59 bits per heavy atom. The number of rotatable bonds is 6. The molecule has 4 rings (SSSR count). The molecule has 1 aliphatic rings. The number of anilines is 1. The number of nitrogens with zero attached hydrogens (tertiary/aromatic N) is 1. The van der Waals surface area contributed by atoms with Gasteiger partial charge in [0.05, 0.1) is 17.0 Å². The molecule has 0 aliphatic carbocycles. The molecule has 4 nitrogen and oxygen atoms in total. The lowest BCUT2D eigenvalue weighted by atomic mass is 9.89. The second kappa shape index (κ2) is 7.75. The molecule has 2 aromatic carbocycles. The standard InChI is InChI=1S/C23H20ClNO3S/c1-15-7-10-21(29-15)20(26)14-23(28)18-13-17(24)8-9-19(18)25(22(23)27)12-11-16-5-3-2-4-6-16/h2-10,13,28H,11-12,14H2,1H3/t23-/m0/s1. The summed E-state index contributed by atoms with van der Waals surface area (Å²) in [7, 11) is 0. The zero-order chi connectivity index (χ0) is 20.6. The van der Waals surface area contributed by atoms with Crippen molar-refractivity contribution >= 4 is 40.3 Å². The molecule has 0 bridgehead atoms. The Bertz CT molecular complexity index is 1080. The van der Waals surface area contributed by atoms with Gasteiger partial charge in [-0.1, -0.05) is 41.9 Å². The van der Waals surface area contributed by atoms with Crippen molar-refractivity contribution in [1.82, 2.24) is 0 Å². The van der Waals surface area contributed by atoms with Crippen LogP contribution in [0.1, 0.15) is 32.1 Å². The summed E-state index contributed by atoms with van der Waals surface area (Å²) in [5.74, 6) is -0.734. The summed E-state index contributed by atoms with van der Waals surface area (Å²) < 4.78 is 0. The first kappa shape index (κ1) is 19.8. The van der Waals surface area contributed by atoms with E-state index in [1.165, 1.54) is 11.3 Å². The van der Waals surface area contributed by atoms with Gasteiger partial charge >= 0.3 is 0 Å². The van der Waals surface area contributed by atoms with Gasteiger partial charge in [0.1, 0.15) is 0 Å². The lowest BCUT2D eigenvalue weighted by molar-refractivity contribution is -0.135. The molecule has 0 saturated carbocycles. The summed E-state index contributed by atoms with van der Waals surface area (Å²) >= 11 is 7.51. The van der Waals surface area contributed by atoms with Gasteiger partial charge < -0.3 is 10.0 Å². The second-order valence-electron chi connectivity index (χ2n) is 7.22. The number of benzene rings is 2. The summed E-state index contributed by atoms with van der Waals surface area (Å²) in [5, 5.41) is 11.8. The van der Waals surface area contributed by atoms with Crippen LogP contribution in [0.4, 0.5) is 5.69 Å². The van der Waals surface area contributed by atoms with Crippen LogP contribution in [0.5, 0.6) is 0 Å². The maximum absolute atomic E-state index is 13.3. The van der Waals surface area contributed by atoms with E-state index >= 15 is 0 Å². The van der Waals surface area contributed by atoms with Crippen molar-refractivity contribution in [2.24, 2.45) is 0 Å². The first-order valence-corrected chi connectivity index (χ1v) is 10.6. The average Bonchev–Trinajstić information content (AvgIpc) is 3.23.